The van der Waals surface area contributed by atoms with Gasteiger partial charge in [-0.05, 0) is 57.2 Å². The van der Waals surface area contributed by atoms with Crippen molar-refractivity contribution in [3.8, 4) is 0 Å². The quantitative estimate of drug-likeness (QED) is 0.803. The van der Waals surface area contributed by atoms with E-state index in [1.807, 2.05) is 0 Å². The summed E-state index contributed by atoms with van der Waals surface area (Å²) in [6.07, 6.45) is 7.31. The highest BCUT2D eigenvalue weighted by atomic mass is 16.3. The van der Waals surface area contributed by atoms with E-state index in [0.29, 0.717) is 6.04 Å². The lowest BCUT2D eigenvalue weighted by Crippen LogP contribution is -2.50. The number of aliphatic hydroxyl groups excluding tert-OH is 1. The summed E-state index contributed by atoms with van der Waals surface area (Å²) in [5, 5.41) is 13.8. The molecule has 2 N–H and O–H groups in total. The van der Waals surface area contributed by atoms with Gasteiger partial charge >= 0.3 is 0 Å². The molecule has 0 spiro atoms. The van der Waals surface area contributed by atoms with E-state index in [4.69, 9.17) is 0 Å². The first-order valence-electron chi connectivity index (χ1n) is 8.29. The summed E-state index contributed by atoms with van der Waals surface area (Å²) in [4.78, 5) is 2.58. The summed E-state index contributed by atoms with van der Waals surface area (Å²) < 4.78 is 0. The molecule has 1 aliphatic carbocycles. The topological polar surface area (TPSA) is 35.5 Å². The SMILES string of the molecule is CC(C)CNCC1CCCN(C2CCCCC2O)C1. The maximum absolute atomic E-state index is 10.2. The molecule has 3 nitrogen and oxygen atoms in total. The van der Waals surface area contributed by atoms with Crippen LogP contribution in [-0.4, -0.2) is 48.3 Å². The fourth-order valence-electron chi connectivity index (χ4n) is 3.66. The summed E-state index contributed by atoms with van der Waals surface area (Å²) in [6.45, 7) is 9.19. The van der Waals surface area contributed by atoms with Gasteiger partial charge in [0.1, 0.15) is 0 Å². The van der Waals surface area contributed by atoms with Crippen LogP contribution in [0.2, 0.25) is 0 Å². The van der Waals surface area contributed by atoms with Gasteiger partial charge in [-0.3, -0.25) is 4.90 Å². The smallest absolute Gasteiger partial charge is 0.0695 e. The molecule has 1 saturated heterocycles. The van der Waals surface area contributed by atoms with Crippen molar-refractivity contribution in [3.05, 3.63) is 0 Å². The second kappa shape index (κ2) is 7.61. The normalized spacial score (nSPS) is 33.8. The van der Waals surface area contributed by atoms with E-state index in [1.54, 1.807) is 0 Å². The van der Waals surface area contributed by atoms with Gasteiger partial charge in [-0.1, -0.05) is 26.7 Å². The maximum Gasteiger partial charge on any atom is 0.0695 e. The third-order valence-electron chi connectivity index (χ3n) is 4.70. The Morgan fingerprint density at radius 3 is 2.68 bits per heavy atom. The largest absolute Gasteiger partial charge is 0.391 e. The first-order chi connectivity index (χ1) is 9.16. The third kappa shape index (κ3) is 4.73. The molecule has 0 aromatic heterocycles. The number of hydrogen-bond donors (Lipinski definition) is 2. The number of piperidine rings is 1. The predicted molar refractivity (Wildman–Crippen MR) is 80.3 cm³/mol. The average Bonchev–Trinajstić information content (AvgIpc) is 2.39. The van der Waals surface area contributed by atoms with Crippen molar-refractivity contribution in [2.45, 2.75) is 64.5 Å². The first kappa shape index (κ1) is 15.3. The van der Waals surface area contributed by atoms with Crippen LogP contribution in [0.1, 0.15) is 52.4 Å². The van der Waals surface area contributed by atoms with Crippen LogP contribution < -0.4 is 5.32 Å². The molecule has 112 valence electrons. The van der Waals surface area contributed by atoms with Gasteiger partial charge in [0.15, 0.2) is 0 Å². The molecule has 1 saturated carbocycles. The van der Waals surface area contributed by atoms with Crippen molar-refractivity contribution in [1.29, 1.82) is 0 Å². The summed E-state index contributed by atoms with van der Waals surface area (Å²) >= 11 is 0. The zero-order valence-electron chi connectivity index (χ0n) is 12.8. The number of rotatable bonds is 5. The highest BCUT2D eigenvalue weighted by molar-refractivity contribution is 4.86. The number of likely N-dealkylation sites (tertiary alicyclic amines) is 1. The molecule has 3 heteroatoms. The van der Waals surface area contributed by atoms with Crippen molar-refractivity contribution < 1.29 is 5.11 Å². The molecule has 0 aromatic rings. The van der Waals surface area contributed by atoms with Crippen LogP contribution in [0.3, 0.4) is 0 Å². The molecular formula is C16H32N2O. The minimum atomic E-state index is -0.0730. The first-order valence-corrected chi connectivity index (χ1v) is 8.29. The van der Waals surface area contributed by atoms with Gasteiger partial charge in [0.25, 0.3) is 0 Å². The van der Waals surface area contributed by atoms with Crippen LogP contribution in [0.25, 0.3) is 0 Å². The molecule has 0 aromatic carbocycles. The molecule has 3 unspecified atom stereocenters. The number of hydrogen-bond acceptors (Lipinski definition) is 3. The molecule has 0 radical (unpaired) electrons. The van der Waals surface area contributed by atoms with Gasteiger partial charge in [0, 0.05) is 12.6 Å². The summed E-state index contributed by atoms with van der Waals surface area (Å²) in [6, 6.07) is 0.446. The lowest BCUT2D eigenvalue weighted by Gasteiger charge is -2.42. The molecule has 1 aliphatic heterocycles. The Bertz CT molecular complexity index is 257. The van der Waals surface area contributed by atoms with E-state index in [-0.39, 0.29) is 6.10 Å². The monoisotopic (exact) mass is 268 g/mol. The Morgan fingerprint density at radius 2 is 1.95 bits per heavy atom. The van der Waals surface area contributed by atoms with E-state index < -0.39 is 0 Å². The number of aliphatic hydroxyl groups is 1. The van der Waals surface area contributed by atoms with E-state index >= 15 is 0 Å². The van der Waals surface area contributed by atoms with E-state index in [1.165, 1.54) is 45.2 Å². The Morgan fingerprint density at radius 1 is 1.16 bits per heavy atom. The van der Waals surface area contributed by atoms with Gasteiger partial charge < -0.3 is 10.4 Å². The zero-order chi connectivity index (χ0) is 13.7. The van der Waals surface area contributed by atoms with Crippen LogP contribution in [0.15, 0.2) is 0 Å². The van der Waals surface area contributed by atoms with Crippen LogP contribution in [0.5, 0.6) is 0 Å². The van der Waals surface area contributed by atoms with Crippen molar-refractivity contribution in [1.82, 2.24) is 10.2 Å². The Kier molecular flexibility index (Phi) is 6.11. The summed E-state index contributed by atoms with van der Waals surface area (Å²) in [5.41, 5.74) is 0. The van der Waals surface area contributed by atoms with Crippen LogP contribution in [0.4, 0.5) is 0 Å². The molecule has 2 aliphatic rings. The number of nitrogens with one attached hydrogen (secondary N) is 1. The summed E-state index contributed by atoms with van der Waals surface area (Å²) in [7, 11) is 0. The van der Waals surface area contributed by atoms with E-state index in [0.717, 1.165) is 31.3 Å². The Balaban J connectivity index is 1.76. The number of nitrogens with zero attached hydrogens (tertiary/aromatic N) is 1. The fraction of sp³-hybridized carbons (Fsp3) is 1.00. The van der Waals surface area contributed by atoms with Gasteiger partial charge in [-0.25, -0.2) is 0 Å². The highest BCUT2D eigenvalue weighted by Gasteiger charge is 2.31. The standard InChI is InChI=1S/C16H32N2O/c1-13(2)10-17-11-14-6-5-9-18(12-14)15-7-3-4-8-16(15)19/h13-17,19H,3-12H2,1-2H3. The Hall–Kier alpha value is -0.120. The second-order valence-corrected chi connectivity index (χ2v) is 6.97. The molecule has 1 heterocycles. The Labute approximate surface area is 118 Å². The van der Waals surface area contributed by atoms with Gasteiger partial charge in [0.05, 0.1) is 6.10 Å². The average molecular weight is 268 g/mol. The van der Waals surface area contributed by atoms with E-state index in [9.17, 15) is 5.11 Å². The van der Waals surface area contributed by atoms with Gasteiger partial charge in [-0.2, -0.15) is 0 Å². The lowest BCUT2D eigenvalue weighted by molar-refractivity contribution is 0.000298. The van der Waals surface area contributed by atoms with Crippen molar-refractivity contribution in [3.63, 3.8) is 0 Å². The molecule has 2 fully saturated rings. The van der Waals surface area contributed by atoms with Crippen LogP contribution >= 0.6 is 0 Å². The second-order valence-electron chi connectivity index (χ2n) is 6.97. The van der Waals surface area contributed by atoms with Gasteiger partial charge in [0.2, 0.25) is 0 Å². The molecular weight excluding hydrogens is 236 g/mol. The van der Waals surface area contributed by atoms with Crippen LogP contribution in [-0.2, 0) is 0 Å². The van der Waals surface area contributed by atoms with Crippen LogP contribution in [0, 0.1) is 11.8 Å². The minimum Gasteiger partial charge on any atom is -0.391 e. The van der Waals surface area contributed by atoms with Crippen molar-refractivity contribution in [2.75, 3.05) is 26.2 Å². The molecule has 2 rings (SSSR count). The maximum atomic E-state index is 10.2. The van der Waals surface area contributed by atoms with Crippen molar-refractivity contribution >= 4 is 0 Å². The predicted octanol–water partition coefficient (Wildman–Crippen LogP) is 2.25. The highest BCUT2D eigenvalue weighted by Crippen LogP contribution is 2.27. The minimum absolute atomic E-state index is 0.0730. The lowest BCUT2D eigenvalue weighted by atomic mass is 9.88. The molecule has 0 amide bonds. The summed E-state index contributed by atoms with van der Waals surface area (Å²) in [5.74, 6) is 1.52. The van der Waals surface area contributed by atoms with Crippen molar-refractivity contribution in [2.24, 2.45) is 11.8 Å². The van der Waals surface area contributed by atoms with Gasteiger partial charge in [-0.15, -0.1) is 0 Å². The molecule has 3 atom stereocenters. The fourth-order valence-corrected chi connectivity index (χ4v) is 3.66. The zero-order valence-corrected chi connectivity index (χ0v) is 12.8. The molecule has 19 heavy (non-hydrogen) atoms. The third-order valence-corrected chi connectivity index (χ3v) is 4.70. The van der Waals surface area contributed by atoms with E-state index in [2.05, 4.69) is 24.1 Å². The molecule has 0 bridgehead atoms.